The van der Waals surface area contributed by atoms with Gasteiger partial charge in [0.05, 0.1) is 0 Å². The topological polar surface area (TPSA) is 92.0 Å². The molecule has 1 atom stereocenters. The molecule has 2 aromatic rings. The summed E-state index contributed by atoms with van der Waals surface area (Å²) in [4.78, 5) is 6.39. The van der Waals surface area contributed by atoms with Crippen LogP contribution < -0.4 is 5.73 Å². The lowest BCUT2D eigenvalue weighted by atomic mass is 10.0. The molecule has 0 aliphatic carbocycles. The third-order valence-electron chi connectivity index (χ3n) is 5.82. The highest BCUT2D eigenvalue weighted by molar-refractivity contribution is 5.75. The summed E-state index contributed by atoms with van der Waals surface area (Å²) in [5.74, 6) is 1.22. The van der Waals surface area contributed by atoms with E-state index in [4.69, 9.17) is 15.7 Å². The molecule has 0 bridgehead atoms. The van der Waals surface area contributed by atoms with Crippen molar-refractivity contribution in [3.8, 4) is 11.4 Å². The number of hydrogen-bond acceptors (Lipinski definition) is 4. The van der Waals surface area contributed by atoms with Crippen molar-refractivity contribution in [1.29, 1.82) is 5.41 Å². The number of benzene rings is 1. The molecule has 6 nitrogen and oxygen atoms in total. The molecule has 1 aliphatic rings. The number of rotatable bonds is 11. The second-order valence-electron chi connectivity index (χ2n) is 8.11. The van der Waals surface area contributed by atoms with Crippen LogP contribution in [0.4, 0.5) is 0 Å². The van der Waals surface area contributed by atoms with E-state index in [0.29, 0.717) is 11.7 Å². The van der Waals surface area contributed by atoms with E-state index < -0.39 is 0 Å². The Morgan fingerprint density at radius 1 is 1.10 bits per heavy atom. The summed E-state index contributed by atoms with van der Waals surface area (Å²) in [5.41, 5.74) is 7.99. The van der Waals surface area contributed by atoms with Crippen LogP contribution in [-0.4, -0.2) is 27.5 Å². The van der Waals surface area contributed by atoms with E-state index in [1.807, 2.05) is 4.90 Å². The normalized spacial score (nSPS) is 16.4. The summed E-state index contributed by atoms with van der Waals surface area (Å²) in [6, 6.07) is 8.42. The molecule has 1 saturated heterocycles. The van der Waals surface area contributed by atoms with Gasteiger partial charge < -0.3 is 15.2 Å². The van der Waals surface area contributed by atoms with E-state index in [-0.39, 0.29) is 12.0 Å². The van der Waals surface area contributed by atoms with Gasteiger partial charge in [-0.05, 0) is 31.2 Å². The maximum atomic E-state index is 7.70. The highest BCUT2D eigenvalue weighted by Gasteiger charge is 2.31. The molecule has 0 radical (unpaired) electrons. The number of nitrogens with one attached hydrogen (secondary N) is 1. The second kappa shape index (κ2) is 11.0. The number of aryl methyl sites for hydroxylation is 1. The molecule has 1 aliphatic heterocycles. The third-order valence-corrected chi connectivity index (χ3v) is 5.82. The summed E-state index contributed by atoms with van der Waals surface area (Å²) >= 11 is 0. The van der Waals surface area contributed by atoms with Crippen LogP contribution in [0.25, 0.3) is 11.4 Å². The van der Waals surface area contributed by atoms with Gasteiger partial charge in [-0.15, -0.1) is 0 Å². The van der Waals surface area contributed by atoms with Crippen LogP contribution in [0.3, 0.4) is 0 Å². The van der Waals surface area contributed by atoms with Crippen molar-refractivity contribution in [2.75, 3.05) is 6.54 Å². The fraction of sp³-hybridized carbons (Fsp3) is 0.609. The van der Waals surface area contributed by atoms with Crippen LogP contribution in [0.5, 0.6) is 0 Å². The van der Waals surface area contributed by atoms with Gasteiger partial charge in [0.25, 0.3) is 0 Å². The molecule has 6 heteroatoms. The van der Waals surface area contributed by atoms with Gasteiger partial charge in [0.15, 0.2) is 5.96 Å². The zero-order valence-corrected chi connectivity index (χ0v) is 17.7. The Bertz CT molecular complexity index is 755. The summed E-state index contributed by atoms with van der Waals surface area (Å²) < 4.78 is 5.49. The Balaban J connectivity index is 1.46. The first-order valence-corrected chi connectivity index (χ1v) is 11.2. The maximum absolute atomic E-state index is 7.70. The van der Waals surface area contributed by atoms with Gasteiger partial charge in [-0.1, -0.05) is 81.3 Å². The number of guanidine groups is 1. The van der Waals surface area contributed by atoms with Crippen LogP contribution in [-0.2, 0) is 6.42 Å². The van der Waals surface area contributed by atoms with Gasteiger partial charge in [0.2, 0.25) is 11.7 Å². The van der Waals surface area contributed by atoms with Crippen LogP contribution in [0.2, 0.25) is 0 Å². The van der Waals surface area contributed by atoms with Gasteiger partial charge in [0, 0.05) is 12.1 Å². The number of hydrogen-bond donors (Lipinski definition) is 2. The zero-order valence-electron chi connectivity index (χ0n) is 17.7. The van der Waals surface area contributed by atoms with Crippen molar-refractivity contribution in [2.24, 2.45) is 5.73 Å². The molecule has 3 N–H and O–H groups in total. The fourth-order valence-electron chi connectivity index (χ4n) is 4.08. The van der Waals surface area contributed by atoms with E-state index in [0.717, 1.165) is 31.4 Å². The smallest absolute Gasteiger partial charge is 0.249 e. The Kier molecular flexibility index (Phi) is 8.08. The van der Waals surface area contributed by atoms with E-state index in [2.05, 4.69) is 41.3 Å². The molecule has 158 valence electrons. The van der Waals surface area contributed by atoms with Crippen LogP contribution in [0, 0.1) is 5.41 Å². The van der Waals surface area contributed by atoms with E-state index in [9.17, 15) is 0 Å². The lowest BCUT2D eigenvalue weighted by Gasteiger charge is -2.21. The monoisotopic (exact) mass is 397 g/mol. The predicted octanol–water partition coefficient (Wildman–Crippen LogP) is 5.45. The zero-order chi connectivity index (χ0) is 20.5. The molecular formula is C23H35N5O. The Labute approximate surface area is 174 Å². The van der Waals surface area contributed by atoms with Crippen molar-refractivity contribution < 1.29 is 4.52 Å². The standard InChI is InChI=1S/C23H35N5O/c1-2-3-4-5-6-7-8-9-11-18-13-15-19(16-14-18)21-26-22(29-27-21)20-12-10-17-28(20)23(24)25/h13-16,20H,2-12,17H2,1H3,(H3,24,25). The number of nitrogens with zero attached hydrogens (tertiary/aromatic N) is 3. The van der Waals surface area contributed by atoms with Crippen LogP contribution in [0.15, 0.2) is 28.8 Å². The summed E-state index contributed by atoms with van der Waals surface area (Å²) in [6.07, 6.45) is 13.8. The number of aromatic nitrogens is 2. The third kappa shape index (κ3) is 6.05. The van der Waals surface area contributed by atoms with E-state index in [1.54, 1.807) is 0 Å². The second-order valence-corrected chi connectivity index (χ2v) is 8.11. The first-order chi connectivity index (χ1) is 14.2. The largest absolute Gasteiger partial charge is 0.370 e. The number of nitrogens with two attached hydrogens (primary N) is 1. The van der Waals surface area contributed by atoms with Crippen molar-refractivity contribution in [3.05, 3.63) is 35.7 Å². The molecule has 1 unspecified atom stereocenters. The highest BCUT2D eigenvalue weighted by atomic mass is 16.5. The Morgan fingerprint density at radius 2 is 1.79 bits per heavy atom. The van der Waals surface area contributed by atoms with E-state index >= 15 is 0 Å². The molecule has 1 aromatic carbocycles. The molecule has 0 amide bonds. The van der Waals surface area contributed by atoms with Gasteiger partial charge >= 0.3 is 0 Å². The van der Waals surface area contributed by atoms with Crippen molar-refractivity contribution in [2.45, 2.75) is 83.6 Å². The molecule has 0 saturated carbocycles. The molecule has 3 rings (SSSR count). The van der Waals surface area contributed by atoms with Gasteiger partial charge in [-0.3, -0.25) is 5.41 Å². The fourth-order valence-corrected chi connectivity index (χ4v) is 4.08. The quantitative estimate of drug-likeness (QED) is 0.299. The average molecular weight is 398 g/mol. The molecule has 29 heavy (non-hydrogen) atoms. The maximum Gasteiger partial charge on any atom is 0.249 e. The lowest BCUT2D eigenvalue weighted by molar-refractivity contribution is 0.283. The molecule has 1 aromatic heterocycles. The summed E-state index contributed by atoms with van der Waals surface area (Å²) in [6.45, 7) is 3.03. The first kappa shape index (κ1) is 21.3. The summed E-state index contributed by atoms with van der Waals surface area (Å²) in [7, 11) is 0. The van der Waals surface area contributed by atoms with Gasteiger partial charge in [-0.25, -0.2) is 0 Å². The first-order valence-electron chi connectivity index (χ1n) is 11.2. The van der Waals surface area contributed by atoms with Crippen molar-refractivity contribution in [1.82, 2.24) is 15.0 Å². The Hall–Kier alpha value is -2.37. The number of likely N-dealkylation sites (tertiary alicyclic amines) is 1. The average Bonchev–Trinajstić information content (AvgIpc) is 3.40. The van der Waals surface area contributed by atoms with Crippen molar-refractivity contribution >= 4 is 5.96 Å². The van der Waals surface area contributed by atoms with Gasteiger partial charge in [-0.2, -0.15) is 4.98 Å². The van der Waals surface area contributed by atoms with Gasteiger partial charge in [0.1, 0.15) is 6.04 Å². The highest BCUT2D eigenvalue weighted by Crippen LogP contribution is 2.31. The Morgan fingerprint density at radius 3 is 2.48 bits per heavy atom. The van der Waals surface area contributed by atoms with Crippen LogP contribution in [0.1, 0.15) is 88.6 Å². The molecule has 0 spiro atoms. The minimum Gasteiger partial charge on any atom is -0.370 e. The van der Waals surface area contributed by atoms with E-state index in [1.165, 1.54) is 56.9 Å². The predicted molar refractivity (Wildman–Crippen MR) is 117 cm³/mol. The minimum atomic E-state index is -0.0741. The van der Waals surface area contributed by atoms with Crippen molar-refractivity contribution in [3.63, 3.8) is 0 Å². The number of unbranched alkanes of at least 4 members (excludes halogenated alkanes) is 7. The minimum absolute atomic E-state index is 0.0672. The summed E-state index contributed by atoms with van der Waals surface area (Å²) in [5, 5.41) is 11.8. The molecule has 1 fully saturated rings. The lowest BCUT2D eigenvalue weighted by Crippen LogP contribution is -2.35. The SMILES string of the molecule is CCCCCCCCCCc1ccc(-c2noc(C3CCCN3C(=N)N)n2)cc1. The van der Waals surface area contributed by atoms with Crippen LogP contribution >= 0.6 is 0 Å². The molecular weight excluding hydrogens is 362 g/mol. The molecule has 2 heterocycles.